The zero-order valence-corrected chi connectivity index (χ0v) is 16.5. The summed E-state index contributed by atoms with van der Waals surface area (Å²) >= 11 is 0. The van der Waals surface area contributed by atoms with Crippen molar-refractivity contribution in [1.29, 1.82) is 0 Å². The minimum atomic E-state index is -0.466. The van der Waals surface area contributed by atoms with Gasteiger partial charge in [-0.05, 0) is 42.9 Å². The average Bonchev–Trinajstić information content (AvgIpc) is 3.33. The number of piperidine rings is 1. The number of terminal acetylenes is 1. The van der Waals surface area contributed by atoms with Crippen LogP contribution in [0.3, 0.4) is 0 Å². The molecule has 2 aliphatic rings. The molecule has 7 heteroatoms. The van der Waals surface area contributed by atoms with Crippen molar-refractivity contribution in [3.8, 4) is 24.2 Å². The Morgan fingerprint density at radius 2 is 2.20 bits per heavy atom. The summed E-state index contributed by atoms with van der Waals surface area (Å²) in [7, 11) is 0. The standard InChI is InChI=1S/C23H21N5O2/c1-3-18-14-27(26-25-18)13-6-4-5-8-17-9-7-10-19-20(17)15-28(23(19)30)21-12-11-16(2)24-22(21)29/h1,7,9-10,14,21H,2,4,6,11-13,15H2,(H,24,29). The molecule has 150 valence electrons. The number of rotatable bonds is 4. The van der Waals surface area contributed by atoms with Crippen LogP contribution in [-0.4, -0.2) is 37.7 Å². The van der Waals surface area contributed by atoms with E-state index in [1.807, 2.05) is 12.1 Å². The molecule has 2 amide bonds. The Balaban J connectivity index is 1.42. The first kappa shape index (κ1) is 19.5. The van der Waals surface area contributed by atoms with E-state index in [2.05, 4.69) is 40.0 Å². The van der Waals surface area contributed by atoms with Gasteiger partial charge in [-0.25, -0.2) is 0 Å². The second kappa shape index (κ2) is 8.26. The van der Waals surface area contributed by atoms with E-state index in [1.54, 1.807) is 21.8 Å². The Labute approximate surface area is 175 Å². The van der Waals surface area contributed by atoms with Crippen LogP contribution in [0, 0.1) is 24.2 Å². The van der Waals surface area contributed by atoms with Crippen LogP contribution in [0.1, 0.15) is 52.9 Å². The zero-order chi connectivity index (χ0) is 21.1. The van der Waals surface area contributed by atoms with Gasteiger partial charge in [0.2, 0.25) is 5.91 Å². The number of nitrogens with one attached hydrogen (secondary N) is 1. The van der Waals surface area contributed by atoms with Crippen molar-refractivity contribution in [1.82, 2.24) is 25.2 Å². The second-order valence-electron chi connectivity index (χ2n) is 7.33. The van der Waals surface area contributed by atoms with Crippen LogP contribution in [0.5, 0.6) is 0 Å². The third kappa shape index (κ3) is 3.83. The highest BCUT2D eigenvalue weighted by molar-refractivity contribution is 6.02. The lowest BCUT2D eigenvalue weighted by Gasteiger charge is -2.30. The minimum Gasteiger partial charge on any atom is -0.329 e. The van der Waals surface area contributed by atoms with Crippen molar-refractivity contribution >= 4 is 11.8 Å². The summed E-state index contributed by atoms with van der Waals surface area (Å²) in [5.41, 5.74) is 3.57. The number of fused-ring (bicyclic) bond motifs is 1. The molecule has 4 rings (SSSR count). The third-order valence-corrected chi connectivity index (χ3v) is 5.29. The van der Waals surface area contributed by atoms with Gasteiger partial charge in [-0.1, -0.05) is 29.7 Å². The summed E-state index contributed by atoms with van der Waals surface area (Å²) in [5.74, 6) is 8.53. The molecule has 7 nitrogen and oxygen atoms in total. The summed E-state index contributed by atoms with van der Waals surface area (Å²) in [6.45, 7) is 4.89. The van der Waals surface area contributed by atoms with E-state index in [9.17, 15) is 9.59 Å². The second-order valence-corrected chi connectivity index (χ2v) is 7.33. The molecule has 0 spiro atoms. The molecule has 2 aromatic rings. The topological polar surface area (TPSA) is 80.1 Å². The molecule has 1 aromatic carbocycles. The summed E-state index contributed by atoms with van der Waals surface area (Å²) in [4.78, 5) is 26.9. The fourth-order valence-electron chi connectivity index (χ4n) is 3.74. The maximum atomic E-state index is 12.9. The van der Waals surface area contributed by atoms with Gasteiger partial charge in [-0.3, -0.25) is 14.3 Å². The van der Waals surface area contributed by atoms with E-state index in [0.717, 1.165) is 17.5 Å². The number of hydrogen-bond donors (Lipinski definition) is 1. The van der Waals surface area contributed by atoms with Crippen LogP contribution in [0.4, 0.5) is 0 Å². The van der Waals surface area contributed by atoms with E-state index in [4.69, 9.17) is 6.42 Å². The van der Waals surface area contributed by atoms with Crippen molar-refractivity contribution in [3.05, 3.63) is 59.1 Å². The monoisotopic (exact) mass is 399 g/mol. The van der Waals surface area contributed by atoms with Crippen LogP contribution < -0.4 is 5.32 Å². The number of nitrogens with zero attached hydrogens (tertiary/aromatic N) is 4. The van der Waals surface area contributed by atoms with Crippen molar-refractivity contribution in [2.45, 2.75) is 44.8 Å². The Morgan fingerprint density at radius 3 is 2.97 bits per heavy atom. The molecule has 0 saturated carbocycles. The lowest BCUT2D eigenvalue weighted by atomic mass is 10.0. The van der Waals surface area contributed by atoms with E-state index in [0.29, 0.717) is 49.3 Å². The number of aryl methyl sites for hydroxylation is 1. The van der Waals surface area contributed by atoms with Crippen molar-refractivity contribution in [2.75, 3.05) is 0 Å². The number of unbranched alkanes of at least 4 members (excludes halogenated alkanes) is 1. The van der Waals surface area contributed by atoms with Gasteiger partial charge in [0.15, 0.2) is 5.69 Å². The number of carbonyl (C=O) groups is 2. The van der Waals surface area contributed by atoms with Gasteiger partial charge < -0.3 is 10.2 Å². The number of carbonyl (C=O) groups excluding carboxylic acids is 2. The Bertz CT molecular complexity index is 1130. The molecule has 0 aliphatic carbocycles. The normalized spacial score (nSPS) is 17.8. The maximum absolute atomic E-state index is 12.9. The number of aromatic nitrogens is 3. The predicted molar refractivity (Wildman–Crippen MR) is 111 cm³/mol. The minimum absolute atomic E-state index is 0.114. The summed E-state index contributed by atoms with van der Waals surface area (Å²) in [6.07, 6.45) is 9.78. The molecular formula is C23H21N5O2. The third-order valence-electron chi connectivity index (χ3n) is 5.29. The molecule has 30 heavy (non-hydrogen) atoms. The fraction of sp³-hybridized carbons (Fsp3) is 0.304. The van der Waals surface area contributed by atoms with Gasteiger partial charge in [0.1, 0.15) is 6.04 Å². The lowest BCUT2D eigenvalue weighted by Crippen LogP contribution is -2.49. The van der Waals surface area contributed by atoms with Crippen molar-refractivity contribution in [2.24, 2.45) is 0 Å². The fourth-order valence-corrected chi connectivity index (χ4v) is 3.74. The van der Waals surface area contributed by atoms with Gasteiger partial charge >= 0.3 is 0 Å². The summed E-state index contributed by atoms with van der Waals surface area (Å²) in [5, 5.41) is 10.6. The molecule has 1 atom stereocenters. The molecule has 2 aliphatic heterocycles. The number of benzene rings is 1. The Kier molecular flexibility index (Phi) is 5.36. The molecule has 1 N–H and O–H groups in total. The number of hydrogen-bond acceptors (Lipinski definition) is 4. The van der Waals surface area contributed by atoms with Crippen molar-refractivity contribution < 1.29 is 9.59 Å². The van der Waals surface area contributed by atoms with E-state index in [-0.39, 0.29) is 11.8 Å². The van der Waals surface area contributed by atoms with Gasteiger partial charge in [-0.2, -0.15) is 0 Å². The average molecular weight is 399 g/mol. The molecule has 1 aromatic heterocycles. The molecule has 1 fully saturated rings. The van der Waals surface area contributed by atoms with E-state index in [1.165, 1.54) is 0 Å². The quantitative estimate of drug-likeness (QED) is 0.629. The van der Waals surface area contributed by atoms with Gasteiger partial charge in [0.05, 0.1) is 6.20 Å². The van der Waals surface area contributed by atoms with Crippen molar-refractivity contribution in [3.63, 3.8) is 0 Å². The summed E-state index contributed by atoms with van der Waals surface area (Å²) < 4.78 is 1.71. The zero-order valence-electron chi connectivity index (χ0n) is 16.5. The molecule has 1 saturated heterocycles. The first-order chi connectivity index (χ1) is 14.6. The molecule has 1 unspecified atom stereocenters. The predicted octanol–water partition coefficient (Wildman–Crippen LogP) is 1.84. The maximum Gasteiger partial charge on any atom is 0.255 e. The SMILES string of the molecule is C#Cc1cn(CCCC#Cc2cccc3c2CN(C2CCC(=C)NC2=O)C3=O)nn1. The van der Waals surface area contributed by atoms with E-state index < -0.39 is 6.04 Å². The Morgan fingerprint density at radius 1 is 1.33 bits per heavy atom. The first-order valence-electron chi connectivity index (χ1n) is 9.84. The smallest absolute Gasteiger partial charge is 0.255 e. The van der Waals surface area contributed by atoms with Crippen LogP contribution in [0.2, 0.25) is 0 Å². The van der Waals surface area contributed by atoms with Crippen LogP contribution >= 0.6 is 0 Å². The lowest BCUT2D eigenvalue weighted by molar-refractivity contribution is -0.126. The first-order valence-corrected chi connectivity index (χ1v) is 9.84. The van der Waals surface area contributed by atoms with Gasteiger partial charge in [0.25, 0.3) is 5.91 Å². The van der Waals surface area contributed by atoms with Crippen LogP contribution in [0.15, 0.2) is 36.7 Å². The van der Waals surface area contributed by atoms with Crippen LogP contribution in [0.25, 0.3) is 0 Å². The molecule has 0 bridgehead atoms. The number of allylic oxidation sites excluding steroid dienone is 1. The largest absolute Gasteiger partial charge is 0.329 e. The number of amides is 2. The molecule has 3 heterocycles. The Hall–Kier alpha value is -3.84. The summed E-state index contributed by atoms with van der Waals surface area (Å²) in [6, 6.07) is 5.09. The highest BCUT2D eigenvalue weighted by atomic mass is 16.2. The molecular weight excluding hydrogens is 378 g/mol. The van der Waals surface area contributed by atoms with Gasteiger partial charge in [-0.15, -0.1) is 11.5 Å². The highest BCUT2D eigenvalue weighted by Crippen LogP contribution is 2.30. The van der Waals surface area contributed by atoms with E-state index >= 15 is 0 Å². The van der Waals surface area contributed by atoms with Crippen LogP contribution in [-0.2, 0) is 17.9 Å². The highest BCUT2D eigenvalue weighted by Gasteiger charge is 2.38. The molecule has 0 radical (unpaired) electrons. The van der Waals surface area contributed by atoms with Gasteiger partial charge in [0, 0.05) is 36.3 Å².